The zero-order valence-corrected chi connectivity index (χ0v) is 14.4. The van der Waals surface area contributed by atoms with E-state index >= 15 is 0 Å². The molecule has 0 saturated heterocycles. The normalized spacial score (nSPS) is 9.96. The Morgan fingerprint density at radius 1 is 1.00 bits per heavy atom. The van der Waals surface area contributed by atoms with Gasteiger partial charge in [-0.1, -0.05) is 11.6 Å². The number of rotatable bonds is 4. The molecule has 0 spiro atoms. The molecule has 0 unspecified atom stereocenters. The van der Waals surface area contributed by atoms with E-state index in [-0.39, 0.29) is 29.6 Å². The third-order valence-corrected chi connectivity index (χ3v) is 3.73. The molecule has 1 amide bonds. The number of aromatic carboxylic acids is 1. The summed E-state index contributed by atoms with van der Waals surface area (Å²) in [6.07, 6.45) is 3.81. The van der Waals surface area contributed by atoms with Crippen LogP contribution in [0.15, 0.2) is 67.0 Å². The third-order valence-electron chi connectivity index (χ3n) is 3.49. The van der Waals surface area contributed by atoms with Crippen LogP contribution in [0.5, 0.6) is 0 Å². The highest BCUT2D eigenvalue weighted by atomic mass is 35.5. The fraction of sp³-hybridized carbons (Fsp3) is 0. The second-order valence-corrected chi connectivity index (χ2v) is 5.52. The SMILES string of the molecule is Cl.O=C(Nc1ccc(Cl)cc1C(=O)O)c1ccc(-n2cccc2)cc1. The zero-order valence-electron chi connectivity index (χ0n) is 12.8. The predicted octanol–water partition coefficient (Wildman–Crippen LogP) is 4.50. The number of benzene rings is 2. The first kappa shape index (κ1) is 18.6. The van der Waals surface area contributed by atoms with Gasteiger partial charge in [0.1, 0.15) is 0 Å². The Balaban J connectivity index is 0.00000225. The fourth-order valence-corrected chi connectivity index (χ4v) is 2.46. The van der Waals surface area contributed by atoms with Gasteiger partial charge >= 0.3 is 5.97 Å². The molecule has 5 nitrogen and oxygen atoms in total. The number of carbonyl (C=O) groups is 2. The van der Waals surface area contributed by atoms with Crippen LogP contribution < -0.4 is 5.32 Å². The minimum Gasteiger partial charge on any atom is -0.478 e. The molecule has 1 heterocycles. The molecule has 25 heavy (non-hydrogen) atoms. The molecule has 3 rings (SSSR count). The third kappa shape index (κ3) is 4.21. The highest BCUT2D eigenvalue weighted by molar-refractivity contribution is 6.31. The number of carboxylic acid groups (broad SMARTS) is 1. The number of halogens is 2. The second-order valence-electron chi connectivity index (χ2n) is 5.09. The summed E-state index contributed by atoms with van der Waals surface area (Å²) in [5.74, 6) is -1.55. The van der Waals surface area contributed by atoms with E-state index in [4.69, 9.17) is 11.6 Å². The van der Waals surface area contributed by atoms with Crippen LogP contribution in [0, 0.1) is 0 Å². The average Bonchev–Trinajstić information content (AvgIpc) is 3.11. The lowest BCUT2D eigenvalue weighted by molar-refractivity contribution is 0.0698. The Morgan fingerprint density at radius 3 is 2.24 bits per heavy atom. The first-order chi connectivity index (χ1) is 11.5. The van der Waals surface area contributed by atoms with E-state index in [1.165, 1.54) is 18.2 Å². The number of hydrogen-bond donors (Lipinski definition) is 2. The molecule has 0 fully saturated rings. The van der Waals surface area contributed by atoms with Gasteiger partial charge in [0.15, 0.2) is 0 Å². The van der Waals surface area contributed by atoms with Crippen molar-refractivity contribution in [3.63, 3.8) is 0 Å². The second kappa shape index (κ2) is 7.88. The van der Waals surface area contributed by atoms with Crippen LogP contribution in [-0.4, -0.2) is 21.6 Å². The highest BCUT2D eigenvalue weighted by Crippen LogP contribution is 2.21. The summed E-state index contributed by atoms with van der Waals surface area (Å²) < 4.78 is 1.92. The monoisotopic (exact) mass is 376 g/mol. The molecule has 0 radical (unpaired) electrons. The maximum atomic E-state index is 12.3. The van der Waals surface area contributed by atoms with Gasteiger partial charge in [-0.2, -0.15) is 0 Å². The van der Waals surface area contributed by atoms with E-state index in [1.54, 1.807) is 12.1 Å². The van der Waals surface area contributed by atoms with E-state index in [0.29, 0.717) is 10.6 Å². The number of amides is 1. The molecule has 7 heteroatoms. The van der Waals surface area contributed by atoms with Gasteiger partial charge in [0.2, 0.25) is 0 Å². The summed E-state index contributed by atoms with van der Waals surface area (Å²) in [7, 11) is 0. The van der Waals surface area contributed by atoms with E-state index < -0.39 is 5.97 Å². The van der Waals surface area contributed by atoms with Gasteiger partial charge in [-0.05, 0) is 54.6 Å². The summed E-state index contributed by atoms with van der Waals surface area (Å²) in [4.78, 5) is 23.6. The van der Waals surface area contributed by atoms with Crippen LogP contribution in [-0.2, 0) is 0 Å². The lowest BCUT2D eigenvalue weighted by atomic mass is 10.1. The van der Waals surface area contributed by atoms with E-state index in [2.05, 4.69) is 5.32 Å². The van der Waals surface area contributed by atoms with Crippen LogP contribution in [0.2, 0.25) is 5.02 Å². The smallest absolute Gasteiger partial charge is 0.337 e. The van der Waals surface area contributed by atoms with Crippen LogP contribution in [0.3, 0.4) is 0 Å². The number of carbonyl (C=O) groups excluding carboxylic acids is 1. The maximum absolute atomic E-state index is 12.3. The van der Waals surface area contributed by atoms with Crippen molar-refractivity contribution in [1.82, 2.24) is 4.57 Å². The Hall–Kier alpha value is -2.76. The number of hydrogen-bond acceptors (Lipinski definition) is 2. The molecule has 0 aliphatic carbocycles. The minimum absolute atomic E-state index is 0. The van der Waals surface area contributed by atoms with E-state index in [0.717, 1.165) is 5.69 Å². The molecule has 0 aliphatic rings. The molecule has 0 saturated carbocycles. The number of carboxylic acids is 1. The van der Waals surface area contributed by atoms with Crippen molar-refractivity contribution in [3.05, 3.63) is 83.1 Å². The topological polar surface area (TPSA) is 71.3 Å². The standard InChI is InChI=1S/C18H13ClN2O3.ClH/c19-13-5-8-16(15(11-13)18(23)24)20-17(22)12-3-6-14(7-4-12)21-9-1-2-10-21;/h1-11H,(H,20,22)(H,23,24);1H. The van der Waals surface area contributed by atoms with E-state index in [9.17, 15) is 14.7 Å². The van der Waals surface area contributed by atoms with Gasteiger partial charge in [0.05, 0.1) is 11.3 Å². The Kier molecular flexibility index (Phi) is 5.85. The van der Waals surface area contributed by atoms with Crippen molar-refractivity contribution in [2.24, 2.45) is 0 Å². The van der Waals surface area contributed by atoms with Gasteiger partial charge < -0.3 is 15.0 Å². The Bertz CT molecular complexity index is 891. The lowest BCUT2D eigenvalue weighted by Gasteiger charge is -2.10. The highest BCUT2D eigenvalue weighted by Gasteiger charge is 2.14. The maximum Gasteiger partial charge on any atom is 0.337 e. The van der Waals surface area contributed by atoms with Crippen molar-refractivity contribution in [2.75, 3.05) is 5.32 Å². The first-order valence-electron chi connectivity index (χ1n) is 7.12. The zero-order chi connectivity index (χ0) is 17.1. The number of aromatic nitrogens is 1. The van der Waals surface area contributed by atoms with Crippen molar-refractivity contribution in [1.29, 1.82) is 0 Å². The molecule has 0 bridgehead atoms. The van der Waals surface area contributed by atoms with E-state index in [1.807, 2.05) is 41.2 Å². The predicted molar refractivity (Wildman–Crippen MR) is 99.4 cm³/mol. The fourth-order valence-electron chi connectivity index (χ4n) is 2.29. The summed E-state index contributed by atoms with van der Waals surface area (Å²) in [6, 6.07) is 15.1. The summed E-state index contributed by atoms with van der Waals surface area (Å²) in [5.41, 5.74) is 1.50. The summed E-state index contributed by atoms with van der Waals surface area (Å²) in [5, 5.41) is 12.1. The van der Waals surface area contributed by atoms with Crippen LogP contribution in [0.25, 0.3) is 5.69 Å². The van der Waals surface area contributed by atoms with Gasteiger partial charge in [-0.25, -0.2) is 4.79 Å². The molecule has 128 valence electrons. The molecule has 3 aromatic rings. The van der Waals surface area contributed by atoms with Crippen molar-refractivity contribution >= 4 is 41.6 Å². The van der Waals surface area contributed by atoms with Crippen molar-refractivity contribution in [3.8, 4) is 5.69 Å². The molecular weight excluding hydrogens is 363 g/mol. The molecule has 0 atom stereocenters. The molecule has 2 N–H and O–H groups in total. The summed E-state index contributed by atoms with van der Waals surface area (Å²) >= 11 is 5.80. The Labute approximate surface area is 155 Å². The number of nitrogens with one attached hydrogen (secondary N) is 1. The number of anilines is 1. The largest absolute Gasteiger partial charge is 0.478 e. The minimum atomic E-state index is -1.16. The number of nitrogens with zero attached hydrogens (tertiary/aromatic N) is 1. The van der Waals surface area contributed by atoms with Crippen molar-refractivity contribution < 1.29 is 14.7 Å². The quantitative estimate of drug-likeness (QED) is 0.703. The molecular formula is C18H14Cl2N2O3. The molecule has 1 aromatic heterocycles. The van der Waals surface area contributed by atoms with Gasteiger partial charge in [-0.3, -0.25) is 4.79 Å². The van der Waals surface area contributed by atoms with Gasteiger partial charge in [-0.15, -0.1) is 12.4 Å². The molecule has 0 aliphatic heterocycles. The van der Waals surface area contributed by atoms with Crippen LogP contribution in [0.4, 0.5) is 5.69 Å². The molecule has 2 aromatic carbocycles. The van der Waals surface area contributed by atoms with Gasteiger partial charge in [0, 0.05) is 28.7 Å². The van der Waals surface area contributed by atoms with Crippen molar-refractivity contribution in [2.45, 2.75) is 0 Å². The lowest BCUT2D eigenvalue weighted by Crippen LogP contribution is -2.14. The van der Waals surface area contributed by atoms with Crippen LogP contribution in [0.1, 0.15) is 20.7 Å². The first-order valence-corrected chi connectivity index (χ1v) is 7.50. The average molecular weight is 377 g/mol. The van der Waals surface area contributed by atoms with Gasteiger partial charge in [0.25, 0.3) is 5.91 Å². The summed E-state index contributed by atoms with van der Waals surface area (Å²) in [6.45, 7) is 0. The Morgan fingerprint density at radius 2 is 1.64 bits per heavy atom. The van der Waals surface area contributed by atoms with Crippen LogP contribution >= 0.6 is 24.0 Å².